The fourth-order valence-electron chi connectivity index (χ4n) is 1.51. The van der Waals surface area contributed by atoms with Gasteiger partial charge >= 0.3 is 0 Å². The molecule has 3 heteroatoms. The lowest BCUT2D eigenvalue weighted by Crippen LogP contribution is -2.27. The average molecular weight is 203 g/mol. The van der Waals surface area contributed by atoms with E-state index in [1.54, 1.807) is 6.20 Å². The third kappa shape index (κ3) is 3.34. The van der Waals surface area contributed by atoms with Gasteiger partial charge in [-0.05, 0) is 18.9 Å². The number of hydrogen-bond donors (Lipinski definition) is 1. The molecule has 0 fully saturated rings. The van der Waals surface area contributed by atoms with E-state index in [1.807, 2.05) is 12.1 Å². The van der Waals surface area contributed by atoms with Crippen molar-refractivity contribution >= 4 is 0 Å². The van der Waals surface area contributed by atoms with Crippen molar-refractivity contribution in [2.45, 2.75) is 39.3 Å². The topological polar surface area (TPSA) is 48.7 Å². The summed E-state index contributed by atoms with van der Waals surface area (Å²) in [5.74, 6) is 0. The monoisotopic (exact) mass is 203 g/mol. The van der Waals surface area contributed by atoms with E-state index in [4.69, 9.17) is 5.26 Å². The van der Waals surface area contributed by atoms with Crippen molar-refractivity contribution in [3.05, 3.63) is 29.6 Å². The number of hydrogen-bond acceptors (Lipinski definition) is 3. The Morgan fingerprint density at radius 1 is 1.47 bits per heavy atom. The van der Waals surface area contributed by atoms with Gasteiger partial charge in [-0.2, -0.15) is 5.26 Å². The highest BCUT2D eigenvalue weighted by molar-refractivity contribution is 5.30. The zero-order valence-corrected chi connectivity index (χ0v) is 9.33. The number of nitriles is 1. The molecule has 0 radical (unpaired) electrons. The summed E-state index contributed by atoms with van der Waals surface area (Å²) in [5, 5.41) is 12.3. The van der Waals surface area contributed by atoms with Gasteiger partial charge in [0.2, 0.25) is 0 Å². The lowest BCUT2D eigenvalue weighted by Gasteiger charge is -2.14. The summed E-state index contributed by atoms with van der Waals surface area (Å²) in [6.45, 7) is 5.05. The molecule has 0 unspecified atom stereocenters. The van der Waals surface area contributed by atoms with E-state index >= 15 is 0 Å². The van der Waals surface area contributed by atoms with Crippen LogP contribution >= 0.6 is 0 Å². The molecule has 0 atom stereocenters. The molecule has 1 aromatic heterocycles. The summed E-state index contributed by atoms with van der Waals surface area (Å²) in [6.07, 6.45) is 3.87. The van der Waals surface area contributed by atoms with E-state index < -0.39 is 0 Å². The molecule has 0 aliphatic rings. The fraction of sp³-hybridized carbons (Fsp3) is 0.500. The van der Waals surface area contributed by atoms with E-state index in [1.165, 1.54) is 0 Å². The largest absolute Gasteiger partial charge is 0.310 e. The lowest BCUT2D eigenvalue weighted by atomic mass is 10.1. The van der Waals surface area contributed by atoms with Crippen LogP contribution in [0.5, 0.6) is 0 Å². The number of nitrogens with one attached hydrogen (secondary N) is 1. The Balaban J connectivity index is 2.61. The quantitative estimate of drug-likeness (QED) is 0.798. The molecular formula is C12H17N3. The Bertz CT molecular complexity index is 337. The van der Waals surface area contributed by atoms with Crippen molar-refractivity contribution in [1.29, 1.82) is 5.26 Å². The first-order chi connectivity index (χ1) is 7.31. The van der Waals surface area contributed by atoms with Crippen LogP contribution in [0, 0.1) is 11.3 Å². The Kier molecular flexibility index (Phi) is 4.79. The first kappa shape index (κ1) is 11.7. The van der Waals surface area contributed by atoms with E-state index in [0.717, 1.165) is 24.9 Å². The summed E-state index contributed by atoms with van der Waals surface area (Å²) in [6, 6.07) is 6.44. The average Bonchev–Trinajstić information content (AvgIpc) is 2.31. The minimum absolute atomic E-state index is 0.524. The van der Waals surface area contributed by atoms with Gasteiger partial charge in [0.1, 0.15) is 11.8 Å². The molecule has 1 heterocycles. The number of aromatic nitrogens is 1. The molecule has 0 saturated heterocycles. The molecular weight excluding hydrogens is 186 g/mol. The van der Waals surface area contributed by atoms with E-state index in [9.17, 15) is 0 Å². The first-order valence-corrected chi connectivity index (χ1v) is 5.39. The van der Waals surface area contributed by atoms with Crippen LogP contribution in [0.15, 0.2) is 18.3 Å². The van der Waals surface area contributed by atoms with Crippen LogP contribution in [0.25, 0.3) is 0 Å². The third-order valence-corrected chi connectivity index (χ3v) is 2.56. The zero-order chi connectivity index (χ0) is 11.1. The molecule has 1 rings (SSSR count). The van der Waals surface area contributed by atoms with Gasteiger partial charge in [-0.25, -0.2) is 4.98 Å². The van der Waals surface area contributed by atoms with Gasteiger partial charge in [-0.1, -0.05) is 19.9 Å². The van der Waals surface area contributed by atoms with Crippen LogP contribution < -0.4 is 5.32 Å². The third-order valence-electron chi connectivity index (χ3n) is 2.56. The molecule has 1 aromatic rings. The number of pyridine rings is 1. The smallest absolute Gasteiger partial charge is 0.144 e. The van der Waals surface area contributed by atoms with Gasteiger partial charge in [-0.3, -0.25) is 0 Å². The van der Waals surface area contributed by atoms with Crippen LogP contribution in [-0.4, -0.2) is 11.0 Å². The first-order valence-electron chi connectivity index (χ1n) is 5.39. The summed E-state index contributed by atoms with van der Waals surface area (Å²) < 4.78 is 0. The Labute approximate surface area is 91.1 Å². The van der Waals surface area contributed by atoms with Gasteiger partial charge in [0, 0.05) is 24.3 Å². The van der Waals surface area contributed by atoms with Crippen molar-refractivity contribution in [1.82, 2.24) is 10.3 Å². The Morgan fingerprint density at radius 2 is 2.20 bits per heavy atom. The number of rotatable bonds is 5. The SMILES string of the molecule is CCC(CC)NCc1cccnc1C#N. The maximum absolute atomic E-state index is 8.86. The van der Waals surface area contributed by atoms with Crippen molar-refractivity contribution < 1.29 is 0 Å². The Hall–Kier alpha value is -1.40. The van der Waals surface area contributed by atoms with E-state index in [0.29, 0.717) is 11.7 Å². The minimum atomic E-state index is 0.524. The van der Waals surface area contributed by atoms with Crippen LogP contribution in [0.4, 0.5) is 0 Å². The van der Waals surface area contributed by atoms with Crippen molar-refractivity contribution in [3.8, 4) is 6.07 Å². The predicted molar refractivity (Wildman–Crippen MR) is 60.2 cm³/mol. The highest BCUT2D eigenvalue weighted by atomic mass is 14.9. The molecule has 0 bridgehead atoms. The van der Waals surface area contributed by atoms with Crippen molar-refractivity contribution in [2.75, 3.05) is 0 Å². The molecule has 3 nitrogen and oxygen atoms in total. The molecule has 1 N–H and O–H groups in total. The van der Waals surface area contributed by atoms with Crippen LogP contribution in [0.3, 0.4) is 0 Å². The molecule has 0 saturated carbocycles. The second kappa shape index (κ2) is 6.15. The van der Waals surface area contributed by atoms with Gasteiger partial charge in [0.15, 0.2) is 0 Å². The highest BCUT2D eigenvalue weighted by Gasteiger charge is 2.05. The zero-order valence-electron chi connectivity index (χ0n) is 9.33. The second-order valence-electron chi connectivity index (χ2n) is 3.52. The molecule has 80 valence electrons. The summed E-state index contributed by atoms with van der Waals surface area (Å²) in [4.78, 5) is 4.03. The fourth-order valence-corrected chi connectivity index (χ4v) is 1.51. The van der Waals surface area contributed by atoms with Crippen molar-refractivity contribution in [3.63, 3.8) is 0 Å². The van der Waals surface area contributed by atoms with Gasteiger partial charge in [-0.15, -0.1) is 0 Å². The lowest BCUT2D eigenvalue weighted by molar-refractivity contribution is 0.483. The van der Waals surface area contributed by atoms with Gasteiger partial charge in [0.05, 0.1) is 0 Å². The normalized spacial score (nSPS) is 10.3. The number of nitrogens with zero attached hydrogens (tertiary/aromatic N) is 2. The van der Waals surface area contributed by atoms with Crippen LogP contribution in [0.2, 0.25) is 0 Å². The molecule has 0 spiro atoms. The summed E-state index contributed by atoms with van der Waals surface area (Å²) in [5.41, 5.74) is 1.50. The van der Waals surface area contributed by atoms with Crippen LogP contribution in [0.1, 0.15) is 37.9 Å². The molecule has 0 aliphatic heterocycles. The van der Waals surface area contributed by atoms with Gasteiger partial charge in [0.25, 0.3) is 0 Å². The second-order valence-corrected chi connectivity index (χ2v) is 3.52. The minimum Gasteiger partial charge on any atom is -0.310 e. The maximum atomic E-state index is 8.86. The van der Waals surface area contributed by atoms with Crippen LogP contribution in [-0.2, 0) is 6.54 Å². The predicted octanol–water partition coefficient (Wildman–Crippen LogP) is 2.23. The van der Waals surface area contributed by atoms with E-state index in [-0.39, 0.29) is 0 Å². The van der Waals surface area contributed by atoms with E-state index in [2.05, 4.69) is 30.2 Å². The molecule has 15 heavy (non-hydrogen) atoms. The molecule has 0 amide bonds. The molecule has 0 aromatic carbocycles. The summed E-state index contributed by atoms with van der Waals surface area (Å²) in [7, 11) is 0. The van der Waals surface area contributed by atoms with Gasteiger partial charge < -0.3 is 5.32 Å². The Morgan fingerprint density at radius 3 is 2.80 bits per heavy atom. The standard InChI is InChI=1S/C12H17N3/c1-3-11(4-2)15-9-10-6-5-7-14-12(10)8-13/h5-7,11,15H,3-4,9H2,1-2H3. The molecule has 0 aliphatic carbocycles. The maximum Gasteiger partial charge on any atom is 0.144 e. The van der Waals surface area contributed by atoms with Crippen molar-refractivity contribution in [2.24, 2.45) is 0 Å². The summed E-state index contributed by atoms with van der Waals surface area (Å²) >= 11 is 0. The highest BCUT2D eigenvalue weighted by Crippen LogP contribution is 2.05.